The van der Waals surface area contributed by atoms with E-state index in [9.17, 15) is 14.4 Å². The number of H-pyrrole nitrogens is 1. The molecule has 4 rings (SSSR count). The Morgan fingerprint density at radius 3 is 2.27 bits per heavy atom. The number of carbonyl (C=O) groups is 1. The second-order valence-electron chi connectivity index (χ2n) is 11.9. The van der Waals surface area contributed by atoms with Crippen LogP contribution in [0.5, 0.6) is 0 Å². The van der Waals surface area contributed by atoms with Gasteiger partial charge in [-0.05, 0) is 46.5 Å². The number of hydrogen-bond donors (Lipinski definition) is 1. The van der Waals surface area contributed by atoms with Gasteiger partial charge >= 0.3 is 11.7 Å². The molecule has 2 fully saturated rings. The SMILES string of the molecule is CC(C)(C)OC(=O)c1sc(C(C)(C)C2C(Cl)CC(n3ncc(=O)[nH]c3=O)CC2Cl)nc1C1CCCCC1. The minimum absolute atomic E-state index is 0.164. The molecule has 2 aliphatic carbocycles. The molecule has 0 bridgehead atoms. The molecule has 2 aromatic rings. The van der Waals surface area contributed by atoms with Gasteiger partial charge in [0.15, 0.2) is 0 Å². The molecular weight excluding hydrogens is 535 g/mol. The number of hydrogen-bond acceptors (Lipinski definition) is 7. The fourth-order valence-electron chi connectivity index (χ4n) is 5.74. The van der Waals surface area contributed by atoms with Crippen LogP contribution in [-0.2, 0) is 10.2 Å². The number of nitrogens with one attached hydrogen (secondary N) is 1. The van der Waals surface area contributed by atoms with Crippen molar-refractivity contribution in [2.75, 3.05) is 0 Å². The molecule has 0 amide bonds. The first-order chi connectivity index (χ1) is 17.3. The van der Waals surface area contributed by atoms with E-state index in [0.717, 1.165) is 42.6 Å². The second-order valence-corrected chi connectivity index (χ2v) is 14.0. The molecule has 0 saturated heterocycles. The number of esters is 1. The smallest absolute Gasteiger partial charge is 0.350 e. The zero-order chi connectivity index (χ0) is 27.1. The number of carbonyl (C=O) groups excluding carboxylic acids is 1. The summed E-state index contributed by atoms with van der Waals surface area (Å²) in [6, 6.07) is -0.326. The molecule has 37 heavy (non-hydrogen) atoms. The minimum atomic E-state index is -0.602. The molecule has 0 spiro atoms. The summed E-state index contributed by atoms with van der Waals surface area (Å²) in [7, 11) is 0. The van der Waals surface area contributed by atoms with E-state index in [1.807, 2.05) is 20.8 Å². The van der Waals surface area contributed by atoms with Gasteiger partial charge < -0.3 is 4.74 Å². The highest BCUT2D eigenvalue weighted by atomic mass is 35.5. The first-order valence-corrected chi connectivity index (χ1v) is 14.7. The van der Waals surface area contributed by atoms with Crippen molar-refractivity contribution in [3.8, 4) is 0 Å². The summed E-state index contributed by atoms with van der Waals surface area (Å²) in [6.07, 6.45) is 7.52. The second kappa shape index (κ2) is 10.8. The van der Waals surface area contributed by atoms with Crippen LogP contribution in [0.3, 0.4) is 0 Å². The Hall–Kier alpha value is -1.71. The van der Waals surface area contributed by atoms with Gasteiger partial charge in [0, 0.05) is 28.0 Å². The van der Waals surface area contributed by atoms with Crippen LogP contribution in [0.2, 0.25) is 0 Å². The number of thiazole rings is 1. The lowest BCUT2D eigenvalue weighted by atomic mass is 9.69. The van der Waals surface area contributed by atoms with Crippen LogP contribution in [0.4, 0.5) is 0 Å². The number of halogens is 2. The van der Waals surface area contributed by atoms with Crippen molar-refractivity contribution in [1.29, 1.82) is 0 Å². The molecule has 11 heteroatoms. The molecule has 2 unspecified atom stereocenters. The molecule has 0 radical (unpaired) electrons. The molecule has 1 N–H and O–H groups in total. The van der Waals surface area contributed by atoms with Crippen LogP contribution in [0.1, 0.15) is 112 Å². The van der Waals surface area contributed by atoms with Crippen molar-refractivity contribution >= 4 is 40.5 Å². The highest BCUT2D eigenvalue weighted by molar-refractivity contribution is 7.13. The van der Waals surface area contributed by atoms with Crippen LogP contribution >= 0.6 is 34.5 Å². The van der Waals surface area contributed by atoms with Crippen molar-refractivity contribution in [3.05, 3.63) is 42.6 Å². The van der Waals surface area contributed by atoms with Gasteiger partial charge in [-0.1, -0.05) is 33.1 Å². The maximum absolute atomic E-state index is 13.3. The van der Waals surface area contributed by atoms with Crippen molar-refractivity contribution in [2.24, 2.45) is 5.92 Å². The van der Waals surface area contributed by atoms with Gasteiger partial charge in [0.25, 0.3) is 5.56 Å². The lowest BCUT2D eigenvalue weighted by Crippen LogP contribution is -2.48. The fourth-order valence-corrected chi connectivity index (χ4v) is 8.38. The highest BCUT2D eigenvalue weighted by Crippen LogP contribution is 2.49. The minimum Gasteiger partial charge on any atom is -0.456 e. The predicted octanol–water partition coefficient (Wildman–Crippen LogP) is 5.53. The van der Waals surface area contributed by atoms with E-state index >= 15 is 0 Å². The Morgan fingerprint density at radius 1 is 1.08 bits per heavy atom. The third-order valence-corrected chi connectivity index (χ3v) is 9.76. The first-order valence-electron chi connectivity index (χ1n) is 13.0. The standard InChI is InChI=1S/C26H36Cl2N4O4S/c1-25(2,3)36-22(34)21-20(14-9-7-6-8-10-14)31-23(37-21)26(4,5)19-16(27)11-15(12-17(19)28)32-24(35)30-18(33)13-29-32/h13-17,19H,6-12H2,1-5H3,(H,30,33,35). The third kappa shape index (κ3) is 6.14. The van der Waals surface area contributed by atoms with Gasteiger partial charge in [0.05, 0.1) is 16.7 Å². The molecular formula is C26H36Cl2N4O4S. The summed E-state index contributed by atoms with van der Waals surface area (Å²) < 4.78 is 7.03. The molecule has 8 nitrogen and oxygen atoms in total. The van der Waals surface area contributed by atoms with Gasteiger partial charge in [-0.3, -0.25) is 9.78 Å². The summed E-state index contributed by atoms with van der Waals surface area (Å²) in [4.78, 5) is 44.9. The van der Waals surface area contributed by atoms with E-state index in [0.29, 0.717) is 17.7 Å². The molecule has 0 aliphatic heterocycles. The van der Waals surface area contributed by atoms with Crippen molar-refractivity contribution < 1.29 is 9.53 Å². The number of rotatable bonds is 5. The Balaban J connectivity index is 1.65. The Kier molecular flexibility index (Phi) is 8.27. The quantitative estimate of drug-likeness (QED) is 0.373. The summed E-state index contributed by atoms with van der Waals surface area (Å²) in [6.45, 7) is 9.77. The molecule has 2 aromatic heterocycles. The van der Waals surface area contributed by atoms with Gasteiger partial charge in [0.1, 0.15) is 16.7 Å². The van der Waals surface area contributed by atoms with E-state index in [-0.39, 0.29) is 34.6 Å². The van der Waals surface area contributed by atoms with Gasteiger partial charge in [-0.25, -0.2) is 19.3 Å². The molecule has 204 valence electrons. The molecule has 2 heterocycles. The third-order valence-electron chi connectivity index (χ3n) is 7.47. The molecule has 2 aliphatic rings. The van der Waals surface area contributed by atoms with Crippen LogP contribution < -0.4 is 11.2 Å². The fraction of sp³-hybridized carbons (Fsp3) is 0.731. The summed E-state index contributed by atoms with van der Waals surface area (Å²) >= 11 is 15.3. The van der Waals surface area contributed by atoms with Crippen LogP contribution in [0.25, 0.3) is 0 Å². The van der Waals surface area contributed by atoms with Crippen molar-refractivity contribution in [1.82, 2.24) is 19.7 Å². The topological polar surface area (TPSA) is 107 Å². The Labute approximate surface area is 231 Å². The summed E-state index contributed by atoms with van der Waals surface area (Å²) in [5.41, 5.74) is -1.39. The summed E-state index contributed by atoms with van der Waals surface area (Å²) in [5.74, 6) is -0.253. The number of ether oxygens (including phenoxy) is 1. The largest absolute Gasteiger partial charge is 0.456 e. The Bertz CT molecular complexity index is 1230. The number of aromatic amines is 1. The molecule has 2 atom stereocenters. The summed E-state index contributed by atoms with van der Waals surface area (Å²) in [5, 5.41) is 4.10. The lowest BCUT2D eigenvalue weighted by Gasteiger charge is -2.44. The van der Waals surface area contributed by atoms with E-state index in [1.165, 1.54) is 22.4 Å². The molecule has 2 saturated carbocycles. The highest BCUT2D eigenvalue weighted by Gasteiger charge is 2.48. The van der Waals surface area contributed by atoms with E-state index in [2.05, 4.69) is 23.9 Å². The Morgan fingerprint density at radius 2 is 1.70 bits per heavy atom. The lowest BCUT2D eigenvalue weighted by molar-refractivity contribution is 0.00730. The maximum Gasteiger partial charge on any atom is 0.350 e. The van der Waals surface area contributed by atoms with Crippen molar-refractivity contribution in [3.63, 3.8) is 0 Å². The first kappa shape index (κ1) is 28.3. The van der Waals surface area contributed by atoms with Crippen LogP contribution in [0.15, 0.2) is 15.8 Å². The van der Waals surface area contributed by atoms with Gasteiger partial charge in [0.2, 0.25) is 0 Å². The number of alkyl halides is 2. The average molecular weight is 572 g/mol. The van der Waals surface area contributed by atoms with Crippen molar-refractivity contribution in [2.45, 2.75) is 113 Å². The number of nitrogens with zero attached hydrogens (tertiary/aromatic N) is 3. The predicted molar refractivity (Wildman–Crippen MR) is 146 cm³/mol. The maximum atomic E-state index is 13.3. The molecule has 0 aromatic carbocycles. The zero-order valence-electron chi connectivity index (χ0n) is 22.1. The average Bonchev–Trinajstić information content (AvgIpc) is 3.25. The number of aromatic nitrogens is 4. The van der Waals surface area contributed by atoms with Crippen LogP contribution in [0, 0.1) is 5.92 Å². The normalized spacial score (nSPS) is 25.7. The van der Waals surface area contributed by atoms with Crippen LogP contribution in [-0.4, -0.2) is 42.1 Å². The monoisotopic (exact) mass is 570 g/mol. The zero-order valence-corrected chi connectivity index (χ0v) is 24.4. The van der Waals surface area contributed by atoms with Gasteiger partial charge in [-0.2, -0.15) is 5.10 Å². The van der Waals surface area contributed by atoms with Gasteiger partial charge in [-0.15, -0.1) is 34.5 Å². The van der Waals surface area contributed by atoms with E-state index in [1.54, 1.807) is 0 Å². The van der Waals surface area contributed by atoms with E-state index < -0.39 is 22.3 Å². The van der Waals surface area contributed by atoms with E-state index in [4.69, 9.17) is 32.9 Å².